The second kappa shape index (κ2) is 8.26. The zero-order valence-corrected chi connectivity index (χ0v) is 14.6. The first kappa shape index (κ1) is 16.9. The van der Waals surface area contributed by atoms with Crippen molar-refractivity contribution in [3.63, 3.8) is 0 Å². The molecule has 1 N–H and O–H groups in total. The summed E-state index contributed by atoms with van der Waals surface area (Å²) in [5.41, 5.74) is 1.76. The highest BCUT2D eigenvalue weighted by Gasteiger charge is 2.17. The van der Waals surface area contributed by atoms with Crippen LogP contribution in [0.4, 0.5) is 0 Å². The Morgan fingerprint density at radius 2 is 2.33 bits per heavy atom. The smallest absolute Gasteiger partial charge is 0.226 e. The second-order valence-electron chi connectivity index (χ2n) is 5.78. The Morgan fingerprint density at radius 3 is 3.12 bits per heavy atom. The normalized spacial score (nSPS) is 17.0. The van der Waals surface area contributed by atoms with Crippen LogP contribution in [0.25, 0.3) is 10.6 Å². The Morgan fingerprint density at radius 1 is 1.46 bits per heavy atom. The van der Waals surface area contributed by atoms with Crippen molar-refractivity contribution >= 4 is 17.2 Å². The van der Waals surface area contributed by atoms with E-state index in [0.29, 0.717) is 25.5 Å². The maximum absolute atomic E-state index is 12.1. The third-order valence-electron chi connectivity index (χ3n) is 3.92. The predicted octanol–water partition coefficient (Wildman–Crippen LogP) is 2.90. The number of carbonyl (C=O) groups is 1. The molecule has 24 heavy (non-hydrogen) atoms. The summed E-state index contributed by atoms with van der Waals surface area (Å²) in [7, 11) is 0. The van der Waals surface area contributed by atoms with Gasteiger partial charge in [-0.3, -0.25) is 4.79 Å². The SMILES string of the molecule is CCOc1ccccc1-c1nc(CC(=O)NC[C@@H]2CCOC2)cs1. The van der Waals surface area contributed by atoms with E-state index in [1.165, 1.54) is 11.3 Å². The number of hydrogen-bond acceptors (Lipinski definition) is 5. The third-order valence-corrected chi connectivity index (χ3v) is 4.85. The van der Waals surface area contributed by atoms with Gasteiger partial charge in [0, 0.05) is 24.4 Å². The lowest BCUT2D eigenvalue weighted by Gasteiger charge is -2.08. The molecule has 1 aliphatic rings. The Kier molecular flexibility index (Phi) is 5.82. The van der Waals surface area contributed by atoms with E-state index in [1.807, 2.05) is 36.6 Å². The summed E-state index contributed by atoms with van der Waals surface area (Å²) in [5, 5.41) is 5.80. The van der Waals surface area contributed by atoms with E-state index in [4.69, 9.17) is 9.47 Å². The molecule has 1 saturated heterocycles. The van der Waals surface area contributed by atoms with Crippen LogP contribution in [0.2, 0.25) is 0 Å². The number of nitrogens with zero attached hydrogens (tertiary/aromatic N) is 1. The summed E-state index contributed by atoms with van der Waals surface area (Å²) in [6, 6.07) is 7.85. The Balaban J connectivity index is 1.60. The number of ether oxygens (including phenoxy) is 2. The zero-order chi connectivity index (χ0) is 16.8. The summed E-state index contributed by atoms with van der Waals surface area (Å²) in [5.74, 6) is 1.28. The molecule has 128 valence electrons. The highest BCUT2D eigenvalue weighted by Crippen LogP contribution is 2.32. The number of thiazole rings is 1. The number of aromatic nitrogens is 1. The number of para-hydroxylation sites is 1. The molecule has 3 rings (SSSR count). The molecular weight excluding hydrogens is 324 g/mol. The largest absolute Gasteiger partial charge is 0.493 e. The molecule has 1 fully saturated rings. The van der Waals surface area contributed by atoms with Crippen molar-refractivity contribution in [2.75, 3.05) is 26.4 Å². The third kappa shape index (κ3) is 4.33. The molecule has 5 nitrogen and oxygen atoms in total. The predicted molar refractivity (Wildman–Crippen MR) is 94.4 cm³/mol. The van der Waals surface area contributed by atoms with Gasteiger partial charge in [-0.2, -0.15) is 0 Å². The molecule has 0 aliphatic carbocycles. The molecule has 2 aromatic rings. The monoisotopic (exact) mass is 346 g/mol. The maximum Gasteiger partial charge on any atom is 0.226 e. The minimum atomic E-state index is 0.0110. The van der Waals surface area contributed by atoms with Crippen LogP contribution in [-0.2, 0) is 16.0 Å². The minimum Gasteiger partial charge on any atom is -0.493 e. The first-order chi connectivity index (χ1) is 11.8. The quantitative estimate of drug-likeness (QED) is 0.837. The molecule has 0 bridgehead atoms. The van der Waals surface area contributed by atoms with Crippen LogP contribution in [0.1, 0.15) is 19.0 Å². The van der Waals surface area contributed by atoms with E-state index in [2.05, 4.69) is 10.3 Å². The fraction of sp³-hybridized carbons (Fsp3) is 0.444. The van der Waals surface area contributed by atoms with E-state index < -0.39 is 0 Å². The Bertz CT molecular complexity index is 680. The highest BCUT2D eigenvalue weighted by molar-refractivity contribution is 7.13. The van der Waals surface area contributed by atoms with Gasteiger partial charge in [-0.15, -0.1) is 11.3 Å². The molecular formula is C18H22N2O3S. The van der Waals surface area contributed by atoms with Crippen LogP contribution in [-0.4, -0.2) is 37.3 Å². The van der Waals surface area contributed by atoms with Crippen molar-refractivity contribution in [1.29, 1.82) is 0 Å². The number of carbonyl (C=O) groups excluding carboxylic acids is 1. The van der Waals surface area contributed by atoms with Gasteiger partial charge in [-0.1, -0.05) is 12.1 Å². The van der Waals surface area contributed by atoms with E-state index in [9.17, 15) is 4.79 Å². The minimum absolute atomic E-state index is 0.0110. The zero-order valence-electron chi connectivity index (χ0n) is 13.8. The van der Waals surface area contributed by atoms with E-state index in [-0.39, 0.29) is 5.91 Å². The lowest BCUT2D eigenvalue weighted by Crippen LogP contribution is -2.30. The summed E-state index contributed by atoms with van der Waals surface area (Å²) < 4.78 is 11.0. The molecule has 1 amide bonds. The Hall–Kier alpha value is -1.92. The van der Waals surface area contributed by atoms with Gasteiger partial charge < -0.3 is 14.8 Å². The molecule has 1 atom stereocenters. The number of nitrogens with one attached hydrogen (secondary N) is 1. The summed E-state index contributed by atoms with van der Waals surface area (Å²) in [4.78, 5) is 16.7. The molecule has 6 heteroatoms. The van der Waals surface area contributed by atoms with Gasteiger partial charge in [-0.05, 0) is 25.5 Å². The van der Waals surface area contributed by atoms with Crippen molar-refractivity contribution in [3.8, 4) is 16.3 Å². The maximum atomic E-state index is 12.1. The number of amides is 1. The van der Waals surface area contributed by atoms with E-state index >= 15 is 0 Å². The van der Waals surface area contributed by atoms with Crippen molar-refractivity contribution in [2.45, 2.75) is 19.8 Å². The summed E-state index contributed by atoms with van der Waals surface area (Å²) >= 11 is 1.54. The topological polar surface area (TPSA) is 60.5 Å². The Labute approximate surface area is 146 Å². The summed E-state index contributed by atoms with van der Waals surface area (Å²) in [6.07, 6.45) is 1.33. The molecule has 1 aromatic carbocycles. The molecule has 0 radical (unpaired) electrons. The fourth-order valence-electron chi connectivity index (χ4n) is 2.67. The van der Waals surface area contributed by atoms with Crippen LogP contribution in [0.15, 0.2) is 29.6 Å². The van der Waals surface area contributed by atoms with E-state index in [0.717, 1.165) is 41.6 Å². The molecule has 2 heterocycles. The van der Waals surface area contributed by atoms with E-state index in [1.54, 1.807) is 0 Å². The van der Waals surface area contributed by atoms with Crippen LogP contribution in [0.5, 0.6) is 5.75 Å². The number of rotatable bonds is 7. The van der Waals surface area contributed by atoms with Gasteiger partial charge in [0.1, 0.15) is 10.8 Å². The molecule has 1 aromatic heterocycles. The second-order valence-corrected chi connectivity index (χ2v) is 6.64. The number of hydrogen-bond donors (Lipinski definition) is 1. The van der Waals surface area contributed by atoms with Gasteiger partial charge >= 0.3 is 0 Å². The molecule has 0 unspecified atom stereocenters. The van der Waals surface area contributed by atoms with Gasteiger partial charge in [-0.25, -0.2) is 4.98 Å². The first-order valence-corrected chi connectivity index (χ1v) is 9.15. The fourth-order valence-corrected chi connectivity index (χ4v) is 3.52. The van der Waals surface area contributed by atoms with Crippen LogP contribution >= 0.6 is 11.3 Å². The summed E-state index contributed by atoms with van der Waals surface area (Å²) in [6.45, 7) is 4.81. The van der Waals surface area contributed by atoms with Gasteiger partial charge in [0.15, 0.2) is 0 Å². The number of benzene rings is 1. The van der Waals surface area contributed by atoms with Gasteiger partial charge in [0.05, 0.1) is 30.9 Å². The first-order valence-electron chi connectivity index (χ1n) is 8.27. The average molecular weight is 346 g/mol. The van der Waals surface area contributed by atoms with Crippen molar-refractivity contribution in [1.82, 2.24) is 10.3 Å². The standard InChI is InChI=1S/C18H22N2O3S/c1-2-23-16-6-4-3-5-15(16)18-20-14(12-24-18)9-17(21)19-10-13-7-8-22-11-13/h3-6,12-13H,2,7-11H2,1H3,(H,19,21)/t13-/m0/s1. The van der Waals surface area contributed by atoms with Crippen LogP contribution in [0.3, 0.4) is 0 Å². The average Bonchev–Trinajstić information content (AvgIpc) is 3.25. The van der Waals surface area contributed by atoms with Crippen molar-refractivity contribution < 1.29 is 14.3 Å². The van der Waals surface area contributed by atoms with Crippen molar-refractivity contribution in [2.24, 2.45) is 5.92 Å². The van der Waals surface area contributed by atoms with Crippen LogP contribution in [0, 0.1) is 5.92 Å². The lowest BCUT2D eigenvalue weighted by atomic mass is 10.1. The van der Waals surface area contributed by atoms with Gasteiger partial charge in [0.2, 0.25) is 5.91 Å². The molecule has 1 aliphatic heterocycles. The molecule has 0 saturated carbocycles. The molecule has 0 spiro atoms. The van der Waals surface area contributed by atoms with Crippen LogP contribution < -0.4 is 10.1 Å². The van der Waals surface area contributed by atoms with Crippen molar-refractivity contribution in [3.05, 3.63) is 35.3 Å². The van der Waals surface area contributed by atoms with Gasteiger partial charge in [0.25, 0.3) is 0 Å². The lowest BCUT2D eigenvalue weighted by molar-refractivity contribution is -0.120. The highest BCUT2D eigenvalue weighted by atomic mass is 32.1.